The van der Waals surface area contributed by atoms with E-state index >= 15 is 0 Å². The van der Waals surface area contributed by atoms with Gasteiger partial charge in [-0.05, 0) is 6.42 Å². The van der Waals surface area contributed by atoms with Gasteiger partial charge < -0.3 is 20.1 Å². The summed E-state index contributed by atoms with van der Waals surface area (Å²) < 4.78 is 7.37. The molecule has 2 aromatic heterocycles. The molecule has 0 aliphatic heterocycles. The van der Waals surface area contributed by atoms with Crippen molar-refractivity contribution in [2.24, 2.45) is 14.1 Å². The fourth-order valence-corrected chi connectivity index (χ4v) is 2.14. The van der Waals surface area contributed by atoms with Crippen LogP contribution < -0.4 is 16.6 Å². The number of aliphatic hydroxyl groups is 1. The minimum absolute atomic E-state index is 0.00149. The van der Waals surface area contributed by atoms with Crippen LogP contribution in [0.5, 0.6) is 0 Å². The first kappa shape index (κ1) is 15.3. The summed E-state index contributed by atoms with van der Waals surface area (Å²) in [7, 11) is 4.52. The average molecular weight is 297 g/mol. The molecule has 1 atom stereocenters. The Morgan fingerprint density at radius 1 is 1.38 bits per heavy atom. The lowest BCUT2D eigenvalue weighted by atomic mass is 10.2. The van der Waals surface area contributed by atoms with Crippen LogP contribution in [0.15, 0.2) is 9.59 Å². The molecule has 0 fully saturated rings. The predicted octanol–water partition coefficient (Wildman–Crippen LogP) is -1.23. The van der Waals surface area contributed by atoms with Crippen LogP contribution in [0.3, 0.4) is 0 Å². The van der Waals surface area contributed by atoms with E-state index in [0.29, 0.717) is 19.0 Å². The van der Waals surface area contributed by atoms with Crippen molar-refractivity contribution in [3.63, 3.8) is 0 Å². The number of anilines is 1. The summed E-state index contributed by atoms with van der Waals surface area (Å²) in [6, 6.07) is -0.151. The highest BCUT2D eigenvalue weighted by atomic mass is 16.5. The van der Waals surface area contributed by atoms with Gasteiger partial charge in [-0.15, -0.1) is 0 Å². The molecule has 21 heavy (non-hydrogen) atoms. The number of hydrogen-bond donors (Lipinski definition) is 3. The van der Waals surface area contributed by atoms with E-state index in [9.17, 15) is 9.59 Å². The molecule has 116 valence electrons. The quantitative estimate of drug-likeness (QED) is 0.615. The normalized spacial score (nSPS) is 12.8. The minimum Gasteiger partial charge on any atom is -0.396 e. The minimum atomic E-state index is -0.436. The molecular formula is C12H19N5O4. The van der Waals surface area contributed by atoms with E-state index in [1.807, 2.05) is 0 Å². The van der Waals surface area contributed by atoms with Gasteiger partial charge in [-0.2, -0.15) is 4.98 Å². The lowest BCUT2D eigenvalue weighted by molar-refractivity contribution is 0.170. The average Bonchev–Trinajstić information content (AvgIpc) is 2.87. The van der Waals surface area contributed by atoms with Gasteiger partial charge in [-0.25, -0.2) is 4.79 Å². The lowest BCUT2D eigenvalue weighted by Gasteiger charge is -2.15. The molecule has 0 amide bonds. The second-order valence-electron chi connectivity index (χ2n) is 4.80. The van der Waals surface area contributed by atoms with Crippen LogP contribution in [0.25, 0.3) is 11.2 Å². The van der Waals surface area contributed by atoms with Gasteiger partial charge in [0.1, 0.15) is 0 Å². The number of aromatic nitrogens is 4. The van der Waals surface area contributed by atoms with Gasteiger partial charge in [-0.3, -0.25) is 13.9 Å². The molecule has 2 heterocycles. The van der Waals surface area contributed by atoms with Crippen molar-refractivity contribution in [3.05, 3.63) is 20.8 Å². The topological polar surface area (TPSA) is 114 Å². The third kappa shape index (κ3) is 2.83. The molecule has 0 spiro atoms. The molecule has 0 saturated carbocycles. The molecule has 0 radical (unpaired) electrons. The van der Waals surface area contributed by atoms with Crippen molar-refractivity contribution in [2.75, 3.05) is 25.6 Å². The van der Waals surface area contributed by atoms with Gasteiger partial charge in [-0.1, -0.05) is 0 Å². The molecule has 3 N–H and O–H groups in total. The molecule has 0 aliphatic rings. The molecule has 1 unspecified atom stereocenters. The zero-order valence-corrected chi connectivity index (χ0v) is 12.2. The summed E-state index contributed by atoms with van der Waals surface area (Å²) in [5.74, 6) is 0.360. The van der Waals surface area contributed by atoms with E-state index in [-0.39, 0.29) is 23.8 Å². The van der Waals surface area contributed by atoms with E-state index in [0.717, 1.165) is 4.57 Å². The van der Waals surface area contributed by atoms with Gasteiger partial charge in [0.2, 0.25) is 5.95 Å². The van der Waals surface area contributed by atoms with Crippen molar-refractivity contribution >= 4 is 17.1 Å². The van der Waals surface area contributed by atoms with Crippen molar-refractivity contribution in [3.8, 4) is 0 Å². The molecular weight excluding hydrogens is 278 g/mol. The van der Waals surface area contributed by atoms with E-state index in [1.54, 1.807) is 14.2 Å². The van der Waals surface area contributed by atoms with Crippen molar-refractivity contribution < 1.29 is 9.84 Å². The van der Waals surface area contributed by atoms with E-state index in [2.05, 4.69) is 15.3 Å². The Hall–Kier alpha value is -2.13. The third-order valence-electron chi connectivity index (χ3n) is 3.28. The molecule has 2 aromatic rings. The Balaban J connectivity index is 2.44. The second kappa shape index (κ2) is 6.10. The number of methoxy groups -OCH3 is 1. The van der Waals surface area contributed by atoms with Crippen molar-refractivity contribution in [1.82, 2.24) is 19.1 Å². The number of H-pyrrole nitrogens is 1. The number of imidazole rings is 1. The van der Waals surface area contributed by atoms with Gasteiger partial charge in [0.25, 0.3) is 5.56 Å². The number of aliphatic hydroxyl groups excluding tert-OH is 1. The summed E-state index contributed by atoms with van der Waals surface area (Å²) >= 11 is 0. The van der Waals surface area contributed by atoms with Gasteiger partial charge in [0.05, 0.1) is 12.6 Å². The van der Waals surface area contributed by atoms with Crippen LogP contribution in [0, 0.1) is 0 Å². The van der Waals surface area contributed by atoms with Gasteiger partial charge in [0, 0.05) is 27.8 Å². The highest BCUT2D eigenvalue weighted by molar-refractivity contribution is 5.72. The SMILES string of the molecule is COCC(CCO)Nc1nc2c([nH]1)c(=O)n(C)c(=O)n2C. The van der Waals surface area contributed by atoms with Crippen LogP contribution in [0.4, 0.5) is 5.95 Å². The lowest BCUT2D eigenvalue weighted by Crippen LogP contribution is -2.36. The van der Waals surface area contributed by atoms with Crippen LogP contribution >= 0.6 is 0 Å². The first-order chi connectivity index (χ1) is 9.99. The summed E-state index contributed by atoms with van der Waals surface area (Å²) in [6.07, 6.45) is 0.474. The Morgan fingerprint density at radius 2 is 2.10 bits per heavy atom. The molecule has 9 heteroatoms. The van der Waals surface area contributed by atoms with Crippen LogP contribution in [-0.4, -0.2) is 50.6 Å². The highest BCUT2D eigenvalue weighted by Gasteiger charge is 2.15. The van der Waals surface area contributed by atoms with Crippen LogP contribution in [0.1, 0.15) is 6.42 Å². The Labute approximate surface area is 120 Å². The second-order valence-corrected chi connectivity index (χ2v) is 4.80. The number of aromatic amines is 1. The first-order valence-corrected chi connectivity index (χ1v) is 6.51. The third-order valence-corrected chi connectivity index (χ3v) is 3.28. The summed E-state index contributed by atoms with van der Waals surface area (Å²) in [5.41, 5.74) is -0.332. The first-order valence-electron chi connectivity index (χ1n) is 6.51. The summed E-state index contributed by atoms with van der Waals surface area (Å²) in [5, 5.41) is 12.1. The Kier molecular flexibility index (Phi) is 4.43. The molecule has 9 nitrogen and oxygen atoms in total. The number of aryl methyl sites for hydroxylation is 1. The van der Waals surface area contributed by atoms with Gasteiger partial charge >= 0.3 is 5.69 Å². The van der Waals surface area contributed by atoms with E-state index < -0.39 is 11.2 Å². The van der Waals surface area contributed by atoms with Crippen LogP contribution in [-0.2, 0) is 18.8 Å². The van der Waals surface area contributed by atoms with E-state index in [1.165, 1.54) is 11.6 Å². The largest absolute Gasteiger partial charge is 0.396 e. The number of nitrogens with zero attached hydrogens (tertiary/aromatic N) is 3. The zero-order valence-electron chi connectivity index (χ0n) is 12.2. The summed E-state index contributed by atoms with van der Waals surface area (Å²) in [6.45, 7) is 0.385. The Morgan fingerprint density at radius 3 is 2.71 bits per heavy atom. The maximum atomic E-state index is 12.0. The number of ether oxygens (including phenoxy) is 1. The summed E-state index contributed by atoms with van der Waals surface area (Å²) in [4.78, 5) is 31.0. The fourth-order valence-electron chi connectivity index (χ4n) is 2.14. The van der Waals surface area contributed by atoms with E-state index in [4.69, 9.17) is 9.84 Å². The monoisotopic (exact) mass is 297 g/mol. The highest BCUT2D eigenvalue weighted by Crippen LogP contribution is 2.10. The number of fused-ring (bicyclic) bond motifs is 1. The molecule has 0 aromatic carbocycles. The van der Waals surface area contributed by atoms with Gasteiger partial charge in [0.15, 0.2) is 11.2 Å². The molecule has 0 aliphatic carbocycles. The number of rotatable bonds is 6. The maximum Gasteiger partial charge on any atom is 0.332 e. The predicted molar refractivity (Wildman–Crippen MR) is 77.6 cm³/mol. The molecule has 2 rings (SSSR count). The standard InChI is InChI=1S/C12H19N5O4/c1-16-9-8(10(19)17(2)12(16)20)14-11(15-9)13-7(4-5-18)6-21-3/h7,18H,4-6H2,1-3H3,(H2,13,14,15). The maximum absolute atomic E-state index is 12.0. The Bertz CT molecular complexity index is 738. The van der Waals surface area contributed by atoms with Crippen molar-refractivity contribution in [1.29, 1.82) is 0 Å². The smallest absolute Gasteiger partial charge is 0.332 e. The molecule has 0 bridgehead atoms. The molecule has 0 saturated heterocycles. The number of hydrogen-bond acceptors (Lipinski definition) is 6. The number of nitrogens with one attached hydrogen (secondary N) is 2. The van der Waals surface area contributed by atoms with Crippen molar-refractivity contribution in [2.45, 2.75) is 12.5 Å². The zero-order chi connectivity index (χ0) is 15.6. The van der Waals surface area contributed by atoms with Crippen LogP contribution in [0.2, 0.25) is 0 Å². The fraction of sp³-hybridized carbons (Fsp3) is 0.583.